The molecule has 0 spiro atoms. The first-order valence-electron chi connectivity index (χ1n) is 7.82. The standard InChI is InChI=1S/C22H16F2O/c1-25-21-13-2-16(3-14-21)4-15-22(17-5-9-19(23)10-6-17)18-7-11-20(24)12-8-18/h2-3,5-14,22H,1H3. The van der Waals surface area contributed by atoms with Gasteiger partial charge in [0, 0.05) is 5.56 Å². The molecule has 0 N–H and O–H groups in total. The van der Waals surface area contributed by atoms with Crippen LogP contribution in [0.1, 0.15) is 22.6 Å². The molecule has 3 rings (SSSR count). The summed E-state index contributed by atoms with van der Waals surface area (Å²) in [4.78, 5) is 0. The first-order chi connectivity index (χ1) is 12.2. The van der Waals surface area contributed by atoms with Crippen LogP contribution in [0.4, 0.5) is 8.78 Å². The largest absolute Gasteiger partial charge is 0.497 e. The van der Waals surface area contributed by atoms with Gasteiger partial charge < -0.3 is 4.74 Å². The van der Waals surface area contributed by atoms with Crippen LogP contribution in [-0.4, -0.2) is 7.11 Å². The van der Waals surface area contributed by atoms with Crippen molar-refractivity contribution in [2.24, 2.45) is 0 Å². The summed E-state index contributed by atoms with van der Waals surface area (Å²) in [7, 11) is 1.61. The van der Waals surface area contributed by atoms with Crippen LogP contribution in [0.15, 0.2) is 72.8 Å². The zero-order valence-corrected chi connectivity index (χ0v) is 13.7. The molecule has 124 valence electrons. The van der Waals surface area contributed by atoms with Gasteiger partial charge in [0.15, 0.2) is 0 Å². The van der Waals surface area contributed by atoms with E-state index in [4.69, 9.17) is 4.74 Å². The number of hydrogen-bond acceptors (Lipinski definition) is 1. The molecule has 0 fully saturated rings. The fourth-order valence-corrected chi connectivity index (χ4v) is 2.50. The van der Waals surface area contributed by atoms with Gasteiger partial charge in [-0.1, -0.05) is 36.1 Å². The van der Waals surface area contributed by atoms with E-state index in [0.717, 1.165) is 22.4 Å². The Labute approximate surface area is 145 Å². The zero-order valence-electron chi connectivity index (χ0n) is 13.7. The summed E-state index contributed by atoms with van der Waals surface area (Å²) in [6.07, 6.45) is 0. The third-order valence-electron chi connectivity index (χ3n) is 3.86. The molecule has 0 amide bonds. The van der Waals surface area contributed by atoms with E-state index >= 15 is 0 Å². The second-order valence-corrected chi connectivity index (χ2v) is 5.53. The van der Waals surface area contributed by atoms with E-state index in [1.165, 1.54) is 24.3 Å². The number of halogens is 2. The minimum absolute atomic E-state index is 0.275. The van der Waals surface area contributed by atoms with Crippen molar-refractivity contribution in [3.63, 3.8) is 0 Å². The van der Waals surface area contributed by atoms with E-state index in [1.807, 2.05) is 24.3 Å². The number of hydrogen-bond donors (Lipinski definition) is 0. The maximum absolute atomic E-state index is 13.2. The SMILES string of the molecule is COc1ccc(C#CC(c2ccc(F)cc2)c2ccc(F)cc2)cc1. The van der Waals surface area contributed by atoms with Crippen molar-refractivity contribution in [3.8, 4) is 17.6 Å². The molecule has 0 aliphatic carbocycles. The predicted octanol–water partition coefficient (Wildman–Crippen LogP) is 5.16. The lowest BCUT2D eigenvalue weighted by molar-refractivity contribution is 0.415. The third-order valence-corrected chi connectivity index (χ3v) is 3.86. The first kappa shape index (κ1) is 16.7. The minimum atomic E-state index is -0.301. The highest BCUT2D eigenvalue weighted by Gasteiger charge is 2.12. The van der Waals surface area contributed by atoms with Crippen molar-refractivity contribution in [1.29, 1.82) is 0 Å². The van der Waals surface area contributed by atoms with Crippen LogP contribution in [0.3, 0.4) is 0 Å². The van der Waals surface area contributed by atoms with Crippen LogP contribution in [0.5, 0.6) is 5.75 Å². The van der Waals surface area contributed by atoms with E-state index in [1.54, 1.807) is 31.4 Å². The van der Waals surface area contributed by atoms with E-state index in [2.05, 4.69) is 11.8 Å². The molecule has 3 heteroatoms. The maximum Gasteiger partial charge on any atom is 0.123 e. The van der Waals surface area contributed by atoms with Crippen molar-refractivity contribution in [1.82, 2.24) is 0 Å². The molecule has 0 heterocycles. The van der Waals surface area contributed by atoms with Crippen molar-refractivity contribution in [2.75, 3.05) is 7.11 Å². The summed E-state index contributed by atoms with van der Waals surface area (Å²) < 4.78 is 31.6. The molecule has 25 heavy (non-hydrogen) atoms. The van der Waals surface area contributed by atoms with Gasteiger partial charge in [-0.2, -0.15) is 0 Å². The first-order valence-corrected chi connectivity index (χ1v) is 7.82. The molecule has 3 aromatic rings. The molecular formula is C22H16F2O. The van der Waals surface area contributed by atoms with Gasteiger partial charge in [0.2, 0.25) is 0 Å². The second kappa shape index (κ2) is 7.63. The molecule has 0 radical (unpaired) electrons. The van der Waals surface area contributed by atoms with Gasteiger partial charge in [0.05, 0.1) is 13.0 Å². The van der Waals surface area contributed by atoms with Crippen molar-refractivity contribution in [3.05, 3.63) is 101 Å². The Bertz CT molecular complexity index is 841. The van der Waals surface area contributed by atoms with Crippen LogP contribution in [0.2, 0.25) is 0 Å². The highest BCUT2D eigenvalue weighted by Crippen LogP contribution is 2.25. The molecule has 0 saturated carbocycles. The Hall–Kier alpha value is -3.12. The van der Waals surface area contributed by atoms with E-state index in [-0.39, 0.29) is 17.6 Å². The number of methoxy groups -OCH3 is 1. The molecule has 0 atom stereocenters. The predicted molar refractivity (Wildman–Crippen MR) is 94.5 cm³/mol. The average Bonchev–Trinajstić information content (AvgIpc) is 2.65. The molecule has 0 saturated heterocycles. The maximum atomic E-state index is 13.2. The summed E-state index contributed by atoms with van der Waals surface area (Å²) in [5.74, 6) is 6.22. The van der Waals surface area contributed by atoms with Gasteiger partial charge >= 0.3 is 0 Å². The molecule has 0 aliphatic heterocycles. The Balaban J connectivity index is 1.97. The minimum Gasteiger partial charge on any atom is -0.497 e. The molecule has 0 unspecified atom stereocenters. The molecule has 0 aliphatic rings. The average molecular weight is 334 g/mol. The molecule has 1 nitrogen and oxygen atoms in total. The summed E-state index contributed by atoms with van der Waals surface area (Å²) >= 11 is 0. The van der Waals surface area contributed by atoms with Gasteiger partial charge in [-0.25, -0.2) is 8.78 Å². The Morgan fingerprint density at radius 2 is 1.20 bits per heavy atom. The van der Waals surface area contributed by atoms with Crippen LogP contribution < -0.4 is 4.74 Å². The Morgan fingerprint density at radius 1 is 0.720 bits per heavy atom. The van der Waals surface area contributed by atoms with E-state index in [9.17, 15) is 8.78 Å². The van der Waals surface area contributed by atoms with Crippen LogP contribution in [0.25, 0.3) is 0 Å². The van der Waals surface area contributed by atoms with E-state index < -0.39 is 0 Å². The number of rotatable bonds is 3. The van der Waals surface area contributed by atoms with E-state index in [0.29, 0.717) is 0 Å². The molecule has 0 aromatic heterocycles. The highest BCUT2D eigenvalue weighted by atomic mass is 19.1. The molecular weight excluding hydrogens is 318 g/mol. The Morgan fingerprint density at radius 3 is 1.64 bits per heavy atom. The molecule has 3 aromatic carbocycles. The van der Waals surface area contributed by atoms with Crippen molar-refractivity contribution < 1.29 is 13.5 Å². The second-order valence-electron chi connectivity index (χ2n) is 5.53. The van der Waals surface area contributed by atoms with Gasteiger partial charge in [0.1, 0.15) is 17.4 Å². The highest BCUT2D eigenvalue weighted by molar-refractivity contribution is 5.45. The zero-order chi connectivity index (χ0) is 17.6. The van der Waals surface area contributed by atoms with Gasteiger partial charge in [-0.05, 0) is 59.7 Å². The van der Waals surface area contributed by atoms with Crippen LogP contribution in [0, 0.1) is 23.5 Å². The van der Waals surface area contributed by atoms with Crippen LogP contribution in [-0.2, 0) is 0 Å². The van der Waals surface area contributed by atoms with Crippen LogP contribution >= 0.6 is 0 Å². The van der Waals surface area contributed by atoms with Gasteiger partial charge in [-0.15, -0.1) is 0 Å². The summed E-state index contributed by atoms with van der Waals surface area (Å²) in [6, 6.07) is 19.8. The quantitative estimate of drug-likeness (QED) is 0.601. The lowest BCUT2D eigenvalue weighted by Crippen LogP contribution is -1.99. The number of benzene rings is 3. The lowest BCUT2D eigenvalue weighted by Gasteiger charge is -2.12. The fourth-order valence-electron chi connectivity index (χ4n) is 2.50. The summed E-state index contributed by atoms with van der Waals surface area (Å²) in [6.45, 7) is 0. The fraction of sp³-hybridized carbons (Fsp3) is 0.0909. The van der Waals surface area contributed by atoms with Gasteiger partial charge in [0.25, 0.3) is 0 Å². The summed E-state index contributed by atoms with van der Waals surface area (Å²) in [5.41, 5.74) is 2.55. The summed E-state index contributed by atoms with van der Waals surface area (Å²) in [5, 5.41) is 0. The van der Waals surface area contributed by atoms with Crippen molar-refractivity contribution in [2.45, 2.75) is 5.92 Å². The number of ether oxygens (including phenoxy) is 1. The smallest absolute Gasteiger partial charge is 0.123 e. The van der Waals surface area contributed by atoms with Gasteiger partial charge in [-0.3, -0.25) is 0 Å². The monoisotopic (exact) mass is 334 g/mol. The topological polar surface area (TPSA) is 9.23 Å². The van der Waals surface area contributed by atoms with Crippen molar-refractivity contribution >= 4 is 0 Å². The lowest BCUT2D eigenvalue weighted by atomic mass is 9.91. The normalized spacial score (nSPS) is 10.2. The molecule has 0 bridgehead atoms. The Kier molecular flexibility index (Phi) is 5.11. The third kappa shape index (κ3) is 4.24.